The minimum absolute atomic E-state index is 0.0133. The highest BCUT2D eigenvalue weighted by atomic mass is 32.2. The molecule has 0 saturated carbocycles. The highest BCUT2D eigenvalue weighted by Crippen LogP contribution is 2.41. The molecule has 1 aliphatic heterocycles. The van der Waals surface area contributed by atoms with Crippen molar-refractivity contribution in [2.75, 3.05) is 18.2 Å². The van der Waals surface area contributed by atoms with E-state index in [4.69, 9.17) is 4.74 Å². The summed E-state index contributed by atoms with van der Waals surface area (Å²) in [6.07, 6.45) is 0. The number of halogens is 1. The van der Waals surface area contributed by atoms with Gasteiger partial charge in [0.25, 0.3) is 0 Å². The van der Waals surface area contributed by atoms with Crippen LogP contribution in [0.5, 0.6) is 0 Å². The van der Waals surface area contributed by atoms with Crippen LogP contribution in [-0.2, 0) is 19.1 Å². The summed E-state index contributed by atoms with van der Waals surface area (Å²) in [5.74, 6) is -5.33. The largest absolute Gasteiger partial charge is 0.468 e. The van der Waals surface area contributed by atoms with E-state index in [9.17, 15) is 24.0 Å². The SMILES string of the molecule is COC(=O)[C@H]1C(=O)NC(SCC(=O)Nc2c(C)cc(C)cc2C)=C(C#N)[C@@H]1c1ccccc1F. The summed E-state index contributed by atoms with van der Waals surface area (Å²) in [6.45, 7) is 5.76. The number of ether oxygens (including phenoxy) is 1. The van der Waals surface area contributed by atoms with Crippen LogP contribution < -0.4 is 10.6 Å². The molecule has 2 N–H and O–H groups in total. The number of nitrogens with one attached hydrogen (secondary N) is 2. The molecule has 0 aliphatic carbocycles. The van der Waals surface area contributed by atoms with Crippen LogP contribution in [0.1, 0.15) is 28.2 Å². The van der Waals surface area contributed by atoms with Crippen LogP contribution in [0.2, 0.25) is 0 Å². The molecule has 1 heterocycles. The number of amides is 2. The first-order valence-corrected chi connectivity index (χ1v) is 11.4. The number of thioether (sulfide) groups is 1. The van der Waals surface area contributed by atoms with Crippen molar-refractivity contribution in [3.05, 3.63) is 75.1 Å². The Morgan fingerprint density at radius 1 is 1.21 bits per heavy atom. The third kappa shape index (κ3) is 5.13. The summed E-state index contributed by atoms with van der Waals surface area (Å²) < 4.78 is 19.4. The Hall–Kier alpha value is -3.64. The molecule has 0 saturated heterocycles. The fraction of sp³-hybridized carbons (Fsp3) is 0.280. The molecule has 0 aromatic heterocycles. The number of nitrogens with zero attached hydrogens (tertiary/aromatic N) is 1. The number of hydrogen-bond acceptors (Lipinski definition) is 6. The number of esters is 1. The van der Waals surface area contributed by atoms with Crippen LogP contribution in [-0.4, -0.2) is 30.6 Å². The Kier molecular flexibility index (Phi) is 7.74. The summed E-state index contributed by atoms with van der Waals surface area (Å²) in [5, 5.41) is 15.4. The Bertz CT molecular complexity index is 1210. The quantitative estimate of drug-likeness (QED) is 0.479. The van der Waals surface area contributed by atoms with E-state index in [1.54, 1.807) is 6.07 Å². The van der Waals surface area contributed by atoms with Gasteiger partial charge in [-0.25, -0.2) is 4.39 Å². The van der Waals surface area contributed by atoms with Gasteiger partial charge < -0.3 is 15.4 Å². The van der Waals surface area contributed by atoms with Gasteiger partial charge in [0, 0.05) is 11.6 Å². The van der Waals surface area contributed by atoms with E-state index in [-0.39, 0.29) is 27.8 Å². The summed E-state index contributed by atoms with van der Waals surface area (Å²) in [7, 11) is 1.12. The molecule has 7 nitrogen and oxygen atoms in total. The predicted molar refractivity (Wildman–Crippen MR) is 127 cm³/mol. The lowest BCUT2D eigenvalue weighted by Crippen LogP contribution is -2.44. The van der Waals surface area contributed by atoms with E-state index in [2.05, 4.69) is 10.6 Å². The minimum Gasteiger partial charge on any atom is -0.468 e. The van der Waals surface area contributed by atoms with Gasteiger partial charge in [0.1, 0.15) is 11.7 Å². The highest BCUT2D eigenvalue weighted by molar-refractivity contribution is 8.03. The molecule has 1 aliphatic rings. The standard InChI is InChI=1S/C25H24FN3O4S/c1-13-9-14(2)22(15(3)10-13)28-19(30)12-34-24-17(11-27)20(16-7-5-6-8-18(16)26)21(23(31)29-24)25(32)33-4/h5-10,20-21H,12H2,1-4H3,(H,28,30)(H,29,31)/t20-,21+/m0/s1. The molecule has 0 fully saturated rings. The lowest BCUT2D eigenvalue weighted by Gasteiger charge is -2.31. The monoisotopic (exact) mass is 481 g/mol. The van der Waals surface area contributed by atoms with Crippen molar-refractivity contribution in [1.82, 2.24) is 5.32 Å². The molecule has 0 spiro atoms. The maximum absolute atomic E-state index is 14.7. The minimum atomic E-state index is -1.44. The number of carbonyl (C=O) groups is 3. The fourth-order valence-corrected chi connectivity index (χ4v) is 4.92. The maximum atomic E-state index is 14.7. The number of rotatable bonds is 6. The first kappa shape index (κ1) is 25.0. The third-order valence-electron chi connectivity index (χ3n) is 5.51. The number of benzene rings is 2. The molecule has 34 heavy (non-hydrogen) atoms. The lowest BCUT2D eigenvalue weighted by molar-refractivity contribution is -0.150. The number of anilines is 1. The fourth-order valence-electron chi connectivity index (χ4n) is 4.07. The van der Waals surface area contributed by atoms with Crippen molar-refractivity contribution >= 4 is 35.2 Å². The molecule has 2 aromatic carbocycles. The first-order chi connectivity index (χ1) is 16.2. The highest BCUT2D eigenvalue weighted by Gasteiger charge is 2.45. The molecular formula is C25H24FN3O4S. The average Bonchev–Trinajstić information content (AvgIpc) is 2.79. The van der Waals surface area contributed by atoms with Crippen LogP contribution in [0.25, 0.3) is 0 Å². The van der Waals surface area contributed by atoms with Gasteiger partial charge in [-0.2, -0.15) is 5.26 Å². The molecule has 9 heteroatoms. The summed E-state index contributed by atoms with van der Waals surface area (Å²) in [4.78, 5) is 37.9. The zero-order valence-corrected chi connectivity index (χ0v) is 20.0. The molecular weight excluding hydrogens is 457 g/mol. The smallest absolute Gasteiger partial charge is 0.319 e. The third-order valence-corrected chi connectivity index (χ3v) is 6.53. The summed E-state index contributed by atoms with van der Waals surface area (Å²) in [5.41, 5.74) is 3.63. The number of carbonyl (C=O) groups excluding carboxylic acids is 3. The van der Waals surface area contributed by atoms with E-state index < -0.39 is 29.5 Å². The Morgan fingerprint density at radius 2 is 1.85 bits per heavy atom. The van der Waals surface area contributed by atoms with Gasteiger partial charge >= 0.3 is 5.97 Å². The molecule has 3 rings (SSSR count). The van der Waals surface area contributed by atoms with Crippen LogP contribution in [0.15, 0.2) is 47.0 Å². The van der Waals surface area contributed by atoms with Crippen LogP contribution >= 0.6 is 11.8 Å². The second kappa shape index (κ2) is 10.5. The Morgan fingerprint density at radius 3 is 2.44 bits per heavy atom. The van der Waals surface area contributed by atoms with Crippen molar-refractivity contribution in [2.24, 2.45) is 5.92 Å². The summed E-state index contributed by atoms with van der Waals surface area (Å²) >= 11 is 0.940. The molecule has 0 bridgehead atoms. The van der Waals surface area contributed by atoms with Crippen LogP contribution in [0.4, 0.5) is 10.1 Å². The number of methoxy groups -OCH3 is 1. The normalized spacial score (nSPS) is 17.6. The van der Waals surface area contributed by atoms with E-state index in [1.807, 2.05) is 39.0 Å². The van der Waals surface area contributed by atoms with Gasteiger partial charge in [-0.05, 0) is 43.5 Å². The zero-order valence-electron chi connectivity index (χ0n) is 19.2. The topological polar surface area (TPSA) is 108 Å². The molecule has 176 valence electrons. The Labute approximate surface area is 201 Å². The van der Waals surface area contributed by atoms with Crippen molar-refractivity contribution in [3.8, 4) is 6.07 Å². The number of nitriles is 1. The van der Waals surface area contributed by atoms with Gasteiger partial charge in [0.2, 0.25) is 11.8 Å². The van der Waals surface area contributed by atoms with Gasteiger partial charge in [-0.1, -0.05) is 47.7 Å². The van der Waals surface area contributed by atoms with Gasteiger partial charge in [-0.3, -0.25) is 14.4 Å². The van der Waals surface area contributed by atoms with E-state index >= 15 is 0 Å². The number of allylic oxidation sites excluding steroid dienone is 1. The number of aryl methyl sites for hydroxylation is 3. The molecule has 0 radical (unpaired) electrons. The second-order valence-corrected chi connectivity index (χ2v) is 8.94. The first-order valence-electron chi connectivity index (χ1n) is 10.5. The maximum Gasteiger partial charge on any atom is 0.319 e. The van der Waals surface area contributed by atoms with Crippen molar-refractivity contribution < 1.29 is 23.5 Å². The van der Waals surface area contributed by atoms with Crippen LogP contribution in [0.3, 0.4) is 0 Å². The predicted octanol–water partition coefficient (Wildman–Crippen LogP) is 3.86. The zero-order chi connectivity index (χ0) is 25.0. The lowest BCUT2D eigenvalue weighted by atomic mass is 9.78. The summed E-state index contributed by atoms with van der Waals surface area (Å²) in [6, 6.07) is 11.6. The van der Waals surface area contributed by atoms with E-state index in [1.165, 1.54) is 18.2 Å². The molecule has 2 aromatic rings. The van der Waals surface area contributed by atoms with E-state index in [0.717, 1.165) is 35.6 Å². The van der Waals surface area contributed by atoms with Crippen molar-refractivity contribution in [2.45, 2.75) is 26.7 Å². The van der Waals surface area contributed by atoms with Gasteiger partial charge in [0.05, 0.1) is 29.5 Å². The second-order valence-electron chi connectivity index (χ2n) is 7.95. The van der Waals surface area contributed by atoms with Crippen LogP contribution in [0, 0.1) is 43.8 Å². The van der Waals surface area contributed by atoms with Crippen molar-refractivity contribution in [1.29, 1.82) is 5.26 Å². The molecule has 2 amide bonds. The number of hydrogen-bond donors (Lipinski definition) is 2. The Balaban J connectivity index is 1.91. The average molecular weight is 482 g/mol. The van der Waals surface area contributed by atoms with Crippen molar-refractivity contribution in [3.63, 3.8) is 0 Å². The molecule has 2 atom stereocenters. The van der Waals surface area contributed by atoms with Gasteiger partial charge in [0.15, 0.2) is 0 Å². The van der Waals surface area contributed by atoms with E-state index in [0.29, 0.717) is 5.69 Å². The van der Waals surface area contributed by atoms with Gasteiger partial charge in [-0.15, -0.1) is 0 Å². The molecule has 0 unspecified atom stereocenters.